The Morgan fingerprint density at radius 2 is 0.862 bits per heavy atom. The van der Waals surface area contributed by atoms with Gasteiger partial charge in [-0.3, -0.25) is 0 Å². The number of benzene rings is 4. The minimum Gasteiger partial charge on any atom is -0.457 e. The van der Waals surface area contributed by atoms with Crippen LogP contribution in [0.25, 0.3) is 22.3 Å². The van der Waals surface area contributed by atoms with Gasteiger partial charge in [0.1, 0.15) is 11.5 Å². The summed E-state index contributed by atoms with van der Waals surface area (Å²) in [6, 6.07) is 31.1. The molecule has 0 atom stereocenters. The quantitative estimate of drug-likeness (QED) is 0.297. The first-order valence-electron chi connectivity index (χ1n) is 9.16. The summed E-state index contributed by atoms with van der Waals surface area (Å²) in [4.78, 5) is 0. The minimum absolute atomic E-state index is 0.0925. The van der Waals surface area contributed by atoms with Crippen LogP contribution in [0.4, 0.5) is 0 Å². The third-order valence-corrected chi connectivity index (χ3v) is 5.02. The zero-order valence-corrected chi connectivity index (χ0v) is 17.0. The maximum atomic E-state index is 6.01. The molecule has 0 amide bonds. The predicted molar refractivity (Wildman–Crippen MR) is 120 cm³/mol. The molecule has 2 nitrogen and oxygen atoms in total. The van der Waals surface area contributed by atoms with Gasteiger partial charge in [-0.05, 0) is 47.5 Å². The van der Waals surface area contributed by atoms with Crippen LogP contribution in [0.15, 0.2) is 97.1 Å². The Balaban J connectivity index is 1.51. The zero-order chi connectivity index (χ0) is 20.1. The summed E-state index contributed by atoms with van der Waals surface area (Å²) in [6.07, 6.45) is 0. The largest absolute Gasteiger partial charge is 0.457 e. The molecule has 4 rings (SSSR count). The Morgan fingerprint density at radius 1 is 0.483 bits per heavy atom. The van der Waals surface area contributed by atoms with E-state index in [4.69, 9.17) is 32.7 Å². The highest BCUT2D eigenvalue weighted by Gasteiger charge is 2.09. The minimum atomic E-state index is 0.0925. The number of hydrogen-bond donors (Lipinski definition) is 0. The third kappa shape index (κ3) is 4.73. The van der Waals surface area contributed by atoms with Gasteiger partial charge in [-0.1, -0.05) is 83.9 Å². The summed E-state index contributed by atoms with van der Waals surface area (Å²) in [6.45, 7) is 0.0925. The van der Waals surface area contributed by atoms with Gasteiger partial charge in [-0.25, -0.2) is 0 Å². The fraction of sp³-hybridized carbons (Fsp3) is 0.0400. The molecule has 4 heteroatoms. The van der Waals surface area contributed by atoms with E-state index in [1.54, 1.807) is 0 Å². The molecule has 0 saturated heterocycles. The maximum absolute atomic E-state index is 6.01. The molecule has 0 aromatic heterocycles. The van der Waals surface area contributed by atoms with E-state index in [2.05, 4.69) is 0 Å². The number of hydrogen-bond acceptors (Lipinski definition) is 2. The van der Waals surface area contributed by atoms with E-state index in [1.165, 1.54) is 0 Å². The molecule has 0 unspecified atom stereocenters. The van der Waals surface area contributed by atoms with Crippen LogP contribution < -0.4 is 9.47 Å². The summed E-state index contributed by atoms with van der Waals surface area (Å²) in [5.41, 5.74) is 4.04. The predicted octanol–water partition coefficient (Wildman–Crippen LogP) is 7.74. The molecule has 0 radical (unpaired) electrons. The van der Waals surface area contributed by atoms with Crippen molar-refractivity contribution in [3.8, 4) is 33.8 Å². The number of halogens is 2. The second kappa shape index (κ2) is 9.04. The average Bonchev–Trinajstić information content (AvgIpc) is 2.76. The molecule has 0 saturated carbocycles. The number of rotatable bonds is 6. The number of ether oxygens (including phenoxy) is 2. The van der Waals surface area contributed by atoms with Gasteiger partial charge < -0.3 is 9.47 Å². The van der Waals surface area contributed by atoms with Crippen molar-refractivity contribution in [3.63, 3.8) is 0 Å². The topological polar surface area (TPSA) is 18.5 Å². The highest BCUT2D eigenvalue weighted by molar-refractivity contribution is 6.30. The summed E-state index contributed by atoms with van der Waals surface area (Å²) in [5.74, 6) is 1.50. The zero-order valence-electron chi connectivity index (χ0n) is 15.5. The van der Waals surface area contributed by atoms with Crippen molar-refractivity contribution in [2.75, 3.05) is 6.79 Å². The van der Waals surface area contributed by atoms with Gasteiger partial charge in [0.25, 0.3) is 0 Å². The highest BCUT2D eigenvalue weighted by atomic mass is 35.5. The molecule has 144 valence electrons. The lowest BCUT2D eigenvalue weighted by Crippen LogP contribution is -2.07. The van der Waals surface area contributed by atoms with Gasteiger partial charge in [0.15, 0.2) is 0 Å². The Hall–Kier alpha value is -2.94. The van der Waals surface area contributed by atoms with Crippen LogP contribution in [-0.4, -0.2) is 6.79 Å². The van der Waals surface area contributed by atoms with Crippen LogP contribution in [0.3, 0.4) is 0 Å². The van der Waals surface area contributed by atoms with Gasteiger partial charge in [0.05, 0.1) is 0 Å². The van der Waals surface area contributed by atoms with Crippen LogP contribution >= 0.6 is 23.2 Å². The van der Waals surface area contributed by atoms with E-state index in [0.29, 0.717) is 10.0 Å². The average molecular weight is 421 g/mol. The molecule has 0 aliphatic rings. The SMILES string of the molecule is Clc1ccc(-c2ccccc2OCOc2ccccc2-c2ccc(Cl)cc2)cc1. The lowest BCUT2D eigenvalue weighted by atomic mass is 10.0. The summed E-state index contributed by atoms with van der Waals surface area (Å²) >= 11 is 12.0. The van der Waals surface area contributed by atoms with E-state index in [-0.39, 0.29) is 6.79 Å². The fourth-order valence-corrected chi connectivity index (χ4v) is 3.33. The summed E-state index contributed by atoms with van der Waals surface area (Å²) < 4.78 is 11.9. The van der Waals surface area contributed by atoms with Crippen molar-refractivity contribution < 1.29 is 9.47 Å². The summed E-state index contributed by atoms with van der Waals surface area (Å²) in [5, 5.41) is 1.41. The second-order valence-corrected chi connectivity index (χ2v) is 7.29. The number of para-hydroxylation sites is 2. The van der Waals surface area contributed by atoms with Gasteiger partial charge in [0, 0.05) is 21.2 Å². The highest BCUT2D eigenvalue weighted by Crippen LogP contribution is 2.32. The molecule has 0 aliphatic carbocycles. The molecule has 0 heterocycles. The van der Waals surface area contributed by atoms with E-state index in [1.807, 2.05) is 97.1 Å². The van der Waals surface area contributed by atoms with Crippen molar-refractivity contribution in [2.24, 2.45) is 0 Å². The van der Waals surface area contributed by atoms with Crippen molar-refractivity contribution in [2.45, 2.75) is 0 Å². The Kier molecular flexibility index (Phi) is 6.04. The first-order valence-corrected chi connectivity index (χ1v) is 9.92. The normalized spacial score (nSPS) is 10.6. The molecule has 4 aromatic rings. The molecule has 0 aliphatic heterocycles. The first-order chi connectivity index (χ1) is 14.2. The monoisotopic (exact) mass is 420 g/mol. The molecule has 0 bridgehead atoms. The van der Waals surface area contributed by atoms with Crippen LogP contribution in [0.2, 0.25) is 10.0 Å². The van der Waals surface area contributed by atoms with E-state index < -0.39 is 0 Å². The fourth-order valence-electron chi connectivity index (χ4n) is 3.08. The van der Waals surface area contributed by atoms with E-state index in [9.17, 15) is 0 Å². The van der Waals surface area contributed by atoms with Gasteiger partial charge in [-0.15, -0.1) is 0 Å². The molecule has 29 heavy (non-hydrogen) atoms. The molecule has 0 spiro atoms. The molecule has 0 fully saturated rings. The lowest BCUT2D eigenvalue weighted by molar-refractivity contribution is 0.121. The molecular weight excluding hydrogens is 403 g/mol. The Bertz CT molecular complexity index is 1000. The Morgan fingerprint density at radius 3 is 1.28 bits per heavy atom. The van der Waals surface area contributed by atoms with Crippen LogP contribution in [0.1, 0.15) is 0 Å². The van der Waals surface area contributed by atoms with Crippen molar-refractivity contribution in [1.82, 2.24) is 0 Å². The standard InChI is InChI=1S/C25H18Cl2O2/c26-20-13-9-18(10-14-20)22-5-1-3-7-24(22)28-17-29-25-8-4-2-6-23(25)19-11-15-21(27)16-12-19/h1-16H,17H2. The third-order valence-electron chi connectivity index (χ3n) is 4.51. The lowest BCUT2D eigenvalue weighted by Gasteiger charge is -2.15. The van der Waals surface area contributed by atoms with Gasteiger partial charge in [0.2, 0.25) is 6.79 Å². The van der Waals surface area contributed by atoms with E-state index in [0.717, 1.165) is 33.8 Å². The second-order valence-electron chi connectivity index (χ2n) is 6.41. The van der Waals surface area contributed by atoms with Crippen molar-refractivity contribution in [3.05, 3.63) is 107 Å². The van der Waals surface area contributed by atoms with Crippen molar-refractivity contribution >= 4 is 23.2 Å². The van der Waals surface area contributed by atoms with Crippen LogP contribution in [0, 0.1) is 0 Å². The molecular formula is C25H18Cl2O2. The van der Waals surface area contributed by atoms with E-state index >= 15 is 0 Å². The summed E-state index contributed by atoms with van der Waals surface area (Å²) in [7, 11) is 0. The van der Waals surface area contributed by atoms with Crippen LogP contribution in [0.5, 0.6) is 11.5 Å². The smallest absolute Gasteiger partial charge is 0.230 e. The molecule has 0 N–H and O–H groups in total. The van der Waals surface area contributed by atoms with Crippen LogP contribution in [-0.2, 0) is 0 Å². The van der Waals surface area contributed by atoms with Gasteiger partial charge >= 0.3 is 0 Å². The van der Waals surface area contributed by atoms with Crippen molar-refractivity contribution in [1.29, 1.82) is 0 Å². The first kappa shape index (κ1) is 19.4. The maximum Gasteiger partial charge on any atom is 0.230 e. The van der Waals surface area contributed by atoms with Gasteiger partial charge in [-0.2, -0.15) is 0 Å². The molecule has 4 aromatic carbocycles. The Labute approximate surface area is 180 Å².